The lowest BCUT2D eigenvalue weighted by atomic mass is 9.89. The van der Waals surface area contributed by atoms with Crippen molar-refractivity contribution in [3.8, 4) is 0 Å². The predicted octanol–water partition coefficient (Wildman–Crippen LogP) is 3.54. The highest BCUT2D eigenvalue weighted by Gasteiger charge is 2.26. The zero-order chi connectivity index (χ0) is 14.2. The van der Waals surface area contributed by atoms with E-state index in [1.807, 2.05) is 0 Å². The summed E-state index contributed by atoms with van der Waals surface area (Å²) >= 11 is 3.66. The number of methoxy groups -OCH3 is 1. The Morgan fingerprint density at radius 1 is 1.35 bits per heavy atom. The molecule has 20 heavy (non-hydrogen) atoms. The van der Waals surface area contributed by atoms with Gasteiger partial charge in [-0.2, -0.15) is 0 Å². The summed E-state index contributed by atoms with van der Waals surface area (Å²) in [5.41, 5.74) is 1.26. The Bertz CT molecular complexity index is 394. The summed E-state index contributed by atoms with van der Waals surface area (Å²) in [5.74, 6) is 0.546. The van der Waals surface area contributed by atoms with Gasteiger partial charge < -0.3 is 14.8 Å². The van der Waals surface area contributed by atoms with Crippen molar-refractivity contribution in [2.45, 2.75) is 25.4 Å². The van der Waals surface area contributed by atoms with E-state index < -0.39 is 0 Å². The van der Waals surface area contributed by atoms with E-state index in [1.165, 1.54) is 18.4 Å². The zero-order valence-electron chi connectivity index (χ0n) is 12.1. The van der Waals surface area contributed by atoms with Crippen LogP contribution in [0.2, 0.25) is 0 Å². The molecule has 1 heterocycles. The zero-order valence-corrected chi connectivity index (χ0v) is 13.7. The highest BCUT2D eigenvalue weighted by atomic mass is 79.9. The lowest BCUT2D eigenvalue weighted by Gasteiger charge is -2.31. The number of nitrogens with one attached hydrogen (secondary N) is 1. The van der Waals surface area contributed by atoms with E-state index in [2.05, 4.69) is 45.5 Å². The molecule has 112 valence electrons. The molecule has 4 heteroatoms. The molecule has 1 aliphatic rings. The standard InChI is InChI=1S/C16H24BrNO2/c1-19-10-5-11-20-16(13-6-4-9-18-12-13)14-7-2-3-8-15(14)17/h2-3,7-8,13,16,18H,4-6,9-12H2,1H3/t13?,16-/m1/s1. The lowest BCUT2D eigenvalue weighted by Crippen LogP contribution is -2.34. The van der Waals surface area contributed by atoms with Gasteiger partial charge in [0, 0.05) is 37.3 Å². The Balaban J connectivity index is 2.04. The van der Waals surface area contributed by atoms with Crippen molar-refractivity contribution >= 4 is 15.9 Å². The largest absolute Gasteiger partial charge is 0.385 e. The van der Waals surface area contributed by atoms with Gasteiger partial charge in [0.1, 0.15) is 0 Å². The molecule has 1 unspecified atom stereocenters. The first-order valence-electron chi connectivity index (χ1n) is 7.38. The first kappa shape index (κ1) is 16.0. The second-order valence-corrected chi connectivity index (χ2v) is 6.12. The normalized spacial score (nSPS) is 20.8. The van der Waals surface area contributed by atoms with Crippen LogP contribution in [0.25, 0.3) is 0 Å². The first-order chi connectivity index (χ1) is 9.83. The molecule has 0 saturated carbocycles. The molecule has 0 aromatic heterocycles. The van der Waals surface area contributed by atoms with Crippen LogP contribution in [-0.2, 0) is 9.47 Å². The molecular formula is C16H24BrNO2. The molecule has 0 radical (unpaired) electrons. The summed E-state index contributed by atoms with van der Waals surface area (Å²) in [6, 6.07) is 8.40. The minimum Gasteiger partial charge on any atom is -0.385 e. The van der Waals surface area contributed by atoms with E-state index in [1.54, 1.807) is 7.11 Å². The molecule has 2 rings (SSSR count). The van der Waals surface area contributed by atoms with Crippen LogP contribution in [0.1, 0.15) is 30.9 Å². The van der Waals surface area contributed by atoms with Gasteiger partial charge in [0.05, 0.1) is 6.10 Å². The van der Waals surface area contributed by atoms with Crippen molar-refractivity contribution in [3.05, 3.63) is 34.3 Å². The van der Waals surface area contributed by atoms with E-state index in [0.717, 1.165) is 37.2 Å². The Kier molecular flexibility index (Phi) is 7.00. The third-order valence-corrected chi connectivity index (χ3v) is 4.49. The minimum atomic E-state index is 0.162. The van der Waals surface area contributed by atoms with Gasteiger partial charge in [-0.25, -0.2) is 0 Å². The van der Waals surface area contributed by atoms with E-state index in [4.69, 9.17) is 9.47 Å². The maximum absolute atomic E-state index is 6.20. The molecule has 3 nitrogen and oxygen atoms in total. The first-order valence-corrected chi connectivity index (χ1v) is 8.18. The monoisotopic (exact) mass is 341 g/mol. The Morgan fingerprint density at radius 2 is 2.20 bits per heavy atom. The fourth-order valence-electron chi connectivity index (χ4n) is 2.74. The second-order valence-electron chi connectivity index (χ2n) is 5.27. The SMILES string of the molecule is COCCCO[C@@H](c1ccccc1Br)C1CCCNC1. The number of hydrogen-bond donors (Lipinski definition) is 1. The Labute approximate surface area is 130 Å². The summed E-state index contributed by atoms with van der Waals surface area (Å²) in [4.78, 5) is 0. The van der Waals surface area contributed by atoms with Gasteiger partial charge in [-0.05, 0) is 37.4 Å². The van der Waals surface area contributed by atoms with Crippen LogP contribution < -0.4 is 5.32 Å². The van der Waals surface area contributed by atoms with Crippen LogP contribution in [0.5, 0.6) is 0 Å². The summed E-state index contributed by atoms with van der Waals surface area (Å²) < 4.78 is 12.4. The van der Waals surface area contributed by atoms with E-state index in [-0.39, 0.29) is 6.10 Å². The lowest BCUT2D eigenvalue weighted by molar-refractivity contribution is -0.00543. The van der Waals surface area contributed by atoms with Crippen molar-refractivity contribution < 1.29 is 9.47 Å². The molecule has 0 amide bonds. The minimum absolute atomic E-state index is 0.162. The molecule has 0 aliphatic carbocycles. The highest BCUT2D eigenvalue weighted by Crippen LogP contribution is 2.34. The molecule has 1 aromatic rings. The Hall–Kier alpha value is -0.420. The number of hydrogen-bond acceptors (Lipinski definition) is 3. The van der Waals surface area contributed by atoms with Gasteiger partial charge >= 0.3 is 0 Å². The summed E-state index contributed by atoms with van der Waals surface area (Å²) in [6.07, 6.45) is 3.56. The average molecular weight is 342 g/mol. The molecule has 1 aliphatic heterocycles. The third-order valence-electron chi connectivity index (χ3n) is 3.77. The van der Waals surface area contributed by atoms with Gasteiger partial charge in [-0.1, -0.05) is 34.1 Å². The topological polar surface area (TPSA) is 30.5 Å². The summed E-state index contributed by atoms with van der Waals surface area (Å²) in [7, 11) is 1.73. The molecular weight excluding hydrogens is 318 g/mol. The van der Waals surface area contributed by atoms with Crippen molar-refractivity contribution in [2.24, 2.45) is 5.92 Å². The van der Waals surface area contributed by atoms with Crippen molar-refractivity contribution in [1.29, 1.82) is 0 Å². The number of halogens is 1. The smallest absolute Gasteiger partial charge is 0.0876 e. The van der Waals surface area contributed by atoms with E-state index in [9.17, 15) is 0 Å². The molecule has 1 saturated heterocycles. The number of piperidine rings is 1. The van der Waals surface area contributed by atoms with Crippen LogP contribution in [-0.4, -0.2) is 33.4 Å². The molecule has 2 atom stereocenters. The maximum Gasteiger partial charge on any atom is 0.0876 e. The molecule has 1 fully saturated rings. The number of ether oxygens (including phenoxy) is 2. The van der Waals surface area contributed by atoms with Gasteiger partial charge in [0.15, 0.2) is 0 Å². The number of rotatable bonds is 7. The fraction of sp³-hybridized carbons (Fsp3) is 0.625. The maximum atomic E-state index is 6.20. The average Bonchev–Trinajstić information content (AvgIpc) is 2.49. The quantitative estimate of drug-likeness (QED) is 0.769. The van der Waals surface area contributed by atoms with Crippen molar-refractivity contribution in [3.63, 3.8) is 0 Å². The van der Waals surface area contributed by atoms with Gasteiger partial charge in [-0.3, -0.25) is 0 Å². The van der Waals surface area contributed by atoms with Crippen LogP contribution in [0.3, 0.4) is 0 Å². The van der Waals surface area contributed by atoms with Crippen LogP contribution in [0.15, 0.2) is 28.7 Å². The predicted molar refractivity (Wildman–Crippen MR) is 84.9 cm³/mol. The van der Waals surface area contributed by atoms with Crippen molar-refractivity contribution in [2.75, 3.05) is 33.4 Å². The van der Waals surface area contributed by atoms with E-state index in [0.29, 0.717) is 5.92 Å². The summed E-state index contributed by atoms with van der Waals surface area (Å²) in [6.45, 7) is 3.67. The van der Waals surface area contributed by atoms with Gasteiger partial charge in [0.25, 0.3) is 0 Å². The van der Waals surface area contributed by atoms with Crippen LogP contribution >= 0.6 is 15.9 Å². The highest BCUT2D eigenvalue weighted by molar-refractivity contribution is 9.10. The van der Waals surface area contributed by atoms with Crippen LogP contribution in [0.4, 0.5) is 0 Å². The molecule has 0 bridgehead atoms. The Morgan fingerprint density at radius 3 is 2.90 bits per heavy atom. The van der Waals surface area contributed by atoms with E-state index >= 15 is 0 Å². The van der Waals surface area contributed by atoms with Crippen LogP contribution in [0, 0.1) is 5.92 Å². The molecule has 0 spiro atoms. The second kappa shape index (κ2) is 8.78. The van der Waals surface area contributed by atoms with Gasteiger partial charge in [-0.15, -0.1) is 0 Å². The molecule has 1 aromatic carbocycles. The fourth-order valence-corrected chi connectivity index (χ4v) is 3.25. The number of benzene rings is 1. The third kappa shape index (κ3) is 4.55. The van der Waals surface area contributed by atoms with Gasteiger partial charge in [0.2, 0.25) is 0 Å². The molecule has 1 N–H and O–H groups in total. The van der Waals surface area contributed by atoms with Crippen molar-refractivity contribution in [1.82, 2.24) is 5.32 Å². The summed E-state index contributed by atoms with van der Waals surface area (Å²) in [5, 5.41) is 3.49.